The third-order valence-electron chi connectivity index (χ3n) is 4.79. The Morgan fingerprint density at radius 1 is 0.639 bits per heavy atom. The van der Waals surface area contributed by atoms with Crippen LogP contribution in [0.1, 0.15) is 44.9 Å². The largest absolute Gasteiger partial charge is 0.481 e. The van der Waals surface area contributed by atoms with Gasteiger partial charge in [-0.1, -0.05) is 0 Å². The molecule has 9 N–H and O–H groups in total. The van der Waals surface area contributed by atoms with Crippen molar-refractivity contribution in [1.29, 1.82) is 0 Å². The molecule has 0 bridgehead atoms. The molecule has 3 amide bonds. The van der Waals surface area contributed by atoms with Gasteiger partial charge in [0, 0.05) is 19.3 Å². The first kappa shape index (κ1) is 32.6. The van der Waals surface area contributed by atoms with Crippen molar-refractivity contribution in [3.05, 3.63) is 0 Å². The van der Waals surface area contributed by atoms with E-state index in [1.165, 1.54) is 11.8 Å². The van der Waals surface area contributed by atoms with Crippen LogP contribution in [0.15, 0.2) is 0 Å². The molecule has 0 spiro atoms. The van der Waals surface area contributed by atoms with E-state index in [1.54, 1.807) is 6.26 Å². The van der Waals surface area contributed by atoms with Crippen molar-refractivity contribution in [3.63, 3.8) is 0 Å². The van der Waals surface area contributed by atoms with Crippen molar-refractivity contribution in [2.75, 3.05) is 12.0 Å². The van der Waals surface area contributed by atoms with Gasteiger partial charge in [0.1, 0.15) is 18.1 Å². The highest BCUT2D eigenvalue weighted by Gasteiger charge is 2.31. The van der Waals surface area contributed by atoms with Crippen LogP contribution < -0.4 is 21.7 Å². The van der Waals surface area contributed by atoms with Gasteiger partial charge in [-0.2, -0.15) is 11.8 Å². The molecule has 0 aliphatic rings. The Kier molecular flexibility index (Phi) is 15.5. The molecule has 0 rings (SSSR count). The molecule has 0 aromatic carbocycles. The van der Waals surface area contributed by atoms with Gasteiger partial charge in [0.15, 0.2) is 0 Å². The second-order valence-corrected chi connectivity index (χ2v) is 8.69. The van der Waals surface area contributed by atoms with Gasteiger partial charge in [-0.25, -0.2) is 4.79 Å². The van der Waals surface area contributed by atoms with Crippen LogP contribution in [0.25, 0.3) is 0 Å². The summed E-state index contributed by atoms with van der Waals surface area (Å²) in [6, 6.07) is -5.63. The number of rotatable bonds is 19. The molecule has 16 heteroatoms. The monoisotopic (exact) mass is 536 g/mol. The quantitative estimate of drug-likeness (QED) is 0.0906. The highest BCUT2D eigenvalue weighted by Crippen LogP contribution is 2.06. The van der Waals surface area contributed by atoms with E-state index in [9.17, 15) is 38.7 Å². The molecule has 204 valence electrons. The minimum absolute atomic E-state index is 0.275. The Hall–Kier alpha value is -3.40. The number of carbonyl (C=O) groups excluding carboxylic acids is 3. The molecule has 4 atom stereocenters. The van der Waals surface area contributed by atoms with Crippen molar-refractivity contribution in [2.24, 2.45) is 5.73 Å². The Morgan fingerprint density at radius 2 is 1.00 bits per heavy atom. The number of hydrogen-bond acceptors (Lipinski definition) is 9. The smallest absolute Gasteiger partial charge is 0.326 e. The lowest BCUT2D eigenvalue weighted by atomic mass is 10.1. The summed E-state index contributed by atoms with van der Waals surface area (Å²) in [5.74, 6) is -7.73. The Bertz CT molecular complexity index is 823. The minimum atomic E-state index is -1.63. The van der Waals surface area contributed by atoms with Crippen LogP contribution >= 0.6 is 11.8 Å². The second kappa shape index (κ2) is 17.1. The number of amides is 3. The van der Waals surface area contributed by atoms with Gasteiger partial charge in [0.2, 0.25) is 17.7 Å². The zero-order valence-electron chi connectivity index (χ0n) is 19.6. The lowest BCUT2D eigenvalue weighted by molar-refractivity contribution is -0.144. The molecule has 0 saturated carbocycles. The normalized spacial score (nSPS) is 13.9. The highest BCUT2D eigenvalue weighted by molar-refractivity contribution is 7.98. The number of thioether (sulfide) groups is 1. The number of carboxylic acids is 4. The molecular weight excluding hydrogens is 504 g/mol. The standard InChI is InChI=1S/C20H32N4O11S/c1-36-9-8-10(21)17(31)22-11(2-5-14(25)26)18(32)23-12(3-6-15(27)28)19(33)24-13(20(34)35)4-7-16(29)30/h10-13H,2-9,21H2,1H3,(H,22,31)(H,23,32)(H,24,33)(H,25,26)(H,27,28)(H,29,30)(H,34,35). The van der Waals surface area contributed by atoms with E-state index in [2.05, 4.69) is 16.0 Å². The fourth-order valence-corrected chi connectivity index (χ4v) is 3.29. The molecular formula is C20H32N4O11S. The first-order valence-corrected chi connectivity index (χ1v) is 12.2. The van der Waals surface area contributed by atoms with E-state index in [0.29, 0.717) is 5.75 Å². The van der Waals surface area contributed by atoms with Crippen LogP contribution in [-0.4, -0.2) is 98.2 Å². The average molecular weight is 537 g/mol. The first-order valence-electron chi connectivity index (χ1n) is 10.8. The van der Waals surface area contributed by atoms with Gasteiger partial charge in [0.05, 0.1) is 6.04 Å². The average Bonchev–Trinajstić information content (AvgIpc) is 2.79. The number of carbonyl (C=O) groups is 7. The number of aliphatic carboxylic acids is 4. The van der Waals surface area contributed by atoms with Crippen LogP contribution in [-0.2, 0) is 33.6 Å². The number of carboxylic acid groups (broad SMARTS) is 4. The Labute approximate surface area is 210 Å². The fourth-order valence-electron chi connectivity index (χ4n) is 2.80. The van der Waals surface area contributed by atoms with Crippen LogP contribution in [0.5, 0.6) is 0 Å². The minimum Gasteiger partial charge on any atom is -0.481 e. The van der Waals surface area contributed by atoms with Crippen molar-refractivity contribution in [1.82, 2.24) is 16.0 Å². The van der Waals surface area contributed by atoms with Gasteiger partial charge in [-0.3, -0.25) is 28.8 Å². The molecule has 0 aromatic rings. The maximum absolute atomic E-state index is 12.8. The van der Waals surface area contributed by atoms with Crippen molar-refractivity contribution >= 4 is 53.4 Å². The van der Waals surface area contributed by atoms with E-state index < -0.39 is 97.9 Å². The van der Waals surface area contributed by atoms with Gasteiger partial charge in [-0.15, -0.1) is 0 Å². The van der Waals surface area contributed by atoms with Crippen LogP contribution in [0.2, 0.25) is 0 Å². The second-order valence-electron chi connectivity index (χ2n) is 7.71. The summed E-state index contributed by atoms with van der Waals surface area (Å²) in [5, 5.41) is 42.5. The van der Waals surface area contributed by atoms with Gasteiger partial charge in [-0.05, 0) is 37.7 Å². The third kappa shape index (κ3) is 14.1. The summed E-state index contributed by atoms with van der Waals surface area (Å²) in [6.45, 7) is 0. The Morgan fingerprint density at radius 3 is 1.36 bits per heavy atom. The van der Waals surface area contributed by atoms with E-state index in [-0.39, 0.29) is 12.8 Å². The SMILES string of the molecule is CSCCC(N)C(=O)NC(CCC(=O)O)C(=O)NC(CCC(=O)O)C(=O)NC(CCC(=O)O)C(=O)O. The van der Waals surface area contributed by atoms with Crippen LogP contribution in [0.4, 0.5) is 0 Å². The fraction of sp³-hybridized carbons (Fsp3) is 0.650. The highest BCUT2D eigenvalue weighted by atomic mass is 32.2. The summed E-state index contributed by atoms with van der Waals surface area (Å²) in [7, 11) is 0. The zero-order valence-corrected chi connectivity index (χ0v) is 20.4. The van der Waals surface area contributed by atoms with Crippen LogP contribution in [0, 0.1) is 0 Å². The predicted molar refractivity (Wildman–Crippen MR) is 125 cm³/mol. The molecule has 0 heterocycles. The summed E-state index contributed by atoms with van der Waals surface area (Å²) >= 11 is 1.43. The molecule has 0 radical (unpaired) electrons. The van der Waals surface area contributed by atoms with Crippen LogP contribution in [0.3, 0.4) is 0 Å². The first-order chi connectivity index (χ1) is 16.8. The number of nitrogens with two attached hydrogens (primary N) is 1. The van der Waals surface area contributed by atoms with E-state index in [4.69, 9.17) is 21.1 Å². The van der Waals surface area contributed by atoms with Crippen molar-refractivity contribution < 1.29 is 54.0 Å². The van der Waals surface area contributed by atoms with E-state index >= 15 is 0 Å². The number of hydrogen-bond donors (Lipinski definition) is 8. The lowest BCUT2D eigenvalue weighted by Gasteiger charge is -2.25. The Balaban J connectivity index is 5.61. The summed E-state index contributed by atoms with van der Waals surface area (Å²) in [5.41, 5.74) is 5.77. The molecule has 36 heavy (non-hydrogen) atoms. The topological polar surface area (TPSA) is 263 Å². The molecule has 0 aliphatic carbocycles. The van der Waals surface area contributed by atoms with E-state index in [0.717, 1.165) is 0 Å². The molecule has 0 fully saturated rings. The predicted octanol–water partition coefficient (Wildman–Crippen LogP) is -1.80. The summed E-state index contributed by atoms with van der Waals surface area (Å²) in [6.07, 6.45) is -0.942. The maximum Gasteiger partial charge on any atom is 0.326 e. The molecule has 0 aliphatic heterocycles. The van der Waals surface area contributed by atoms with Crippen molar-refractivity contribution in [2.45, 2.75) is 69.1 Å². The molecule has 0 saturated heterocycles. The van der Waals surface area contributed by atoms with Crippen molar-refractivity contribution in [3.8, 4) is 0 Å². The van der Waals surface area contributed by atoms with Gasteiger partial charge >= 0.3 is 23.9 Å². The maximum atomic E-state index is 12.8. The van der Waals surface area contributed by atoms with Gasteiger partial charge in [0.25, 0.3) is 0 Å². The third-order valence-corrected chi connectivity index (χ3v) is 5.43. The van der Waals surface area contributed by atoms with E-state index in [1.807, 2.05) is 0 Å². The number of nitrogens with one attached hydrogen (secondary N) is 3. The van der Waals surface area contributed by atoms with Gasteiger partial charge < -0.3 is 42.1 Å². The summed E-state index contributed by atoms with van der Waals surface area (Å²) in [4.78, 5) is 81.9. The zero-order chi connectivity index (χ0) is 27.8. The summed E-state index contributed by atoms with van der Waals surface area (Å²) < 4.78 is 0. The lowest BCUT2D eigenvalue weighted by Crippen LogP contribution is -2.57. The molecule has 15 nitrogen and oxygen atoms in total. The molecule has 0 aromatic heterocycles. The molecule has 4 unspecified atom stereocenters.